The van der Waals surface area contributed by atoms with E-state index >= 15 is 0 Å². The topological polar surface area (TPSA) is 75.1 Å². The zero-order chi connectivity index (χ0) is 20.2. The molecule has 0 saturated heterocycles. The predicted octanol–water partition coefficient (Wildman–Crippen LogP) is 4.28. The Hall–Kier alpha value is -3.48. The van der Waals surface area contributed by atoms with Crippen LogP contribution in [0.1, 0.15) is 21.5 Å². The van der Waals surface area contributed by atoms with Crippen LogP contribution < -0.4 is 5.69 Å². The maximum absolute atomic E-state index is 12.6. The minimum atomic E-state index is -0.252. The van der Waals surface area contributed by atoms with E-state index in [1.165, 1.54) is 10.6 Å². The number of ketones is 1. The van der Waals surface area contributed by atoms with Crippen LogP contribution in [0, 0.1) is 0 Å². The molecule has 2 heterocycles. The standard InChI is InChI=1S/C23H18N2O3S/c26-15-17-8-6-16(7-9-17)10-11-21(27)18-3-1-4-19(13-18)25-14-20(24-23(25)28)22-5-2-12-29-22/h1-14,26H,15H2,(H,24,28)/b11-10+. The van der Waals surface area contributed by atoms with Gasteiger partial charge < -0.3 is 10.1 Å². The Balaban J connectivity index is 1.58. The van der Waals surface area contributed by atoms with Gasteiger partial charge in [-0.3, -0.25) is 9.36 Å². The second kappa shape index (κ2) is 8.26. The molecule has 4 aromatic rings. The van der Waals surface area contributed by atoms with Crippen LogP contribution in [0.3, 0.4) is 0 Å². The number of nitrogens with one attached hydrogen (secondary N) is 1. The molecule has 0 aliphatic heterocycles. The zero-order valence-electron chi connectivity index (χ0n) is 15.4. The molecule has 2 N–H and O–H groups in total. The number of aliphatic hydroxyl groups excluding tert-OH is 1. The van der Waals surface area contributed by atoms with Gasteiger partial charge in [0.25, 0.3) is 0 Å². The van der Waals surface area contributed by atoms with Gasteiger partial charge in [-0.05, 0) is 40.8 Å². The van der Waals surface area contributed by atoms with Crippen molar-refractivity contribution in [2.24, 2.45) is 0 Å². The fraction of sp³-hybridized carbons (Fsp3) is 0.0435. The third-order valence-corrected chi connectivity index (χ3v) is 5.41. The SMILES string of the molecule is O=C(/C=C/c1ccc(CO)cc1)c1cccc(-n2cc(-c3cccs3)[nH]c2=O)c1. The lowest BCUT2D eigenvalue weighted by molar-refractivity contribution is 0.104. The first-order chi connectivity index (χ1) is 14.1. The summed E-state index contributed by atoms with van der Waals surface area (Å²) >= 11 is 1.55. The number of aromatic nitrogens is 2. The van der Waals surface area contributed by atoms with Gasteiger partial charge in [-0.25, -0.2) is 4.79 Å². The van der Waals surface area contributed by atoms with Gasteiger partial charge in [0.05, 0.1) is 22.9 Å². The second-order valence-electron chi connectivity index (χ2n) is 6.47. The van der Waals surface area contributed by atoms with Gasteiger partial charge in [0, 0.05) is 11.8 Å². The van der Waals surface area contributed by atoms with Crippen molar-refractivity contribution in [2.75, 3.05) is 0 Å². The van der Waals surface area contributed by atoms with E-state index in [2.05, 4.69) is 4.98 Å². The largest absolute Gasteiger partial charge is 0.392 e. The highest BCUT2D eigenvalue weighted by Crippen LogP contribution is 2.22. The minimum Gasteiger partial charge on any atom is -0.392 e. The lowest BCUT2D eigenvalue weighted by Gasteiger charge is -2.03. The third-order valence-electron chi connectivity index (χ3n) is 4.50. The maximum Gasteiger partial charge on any atom is 0.330 e. The molecule has 0 spiro atoms. The molecule has 0 radical (unpaired) electrons. The highest BCUT2D eigenvalue weighted by Gasteiger charge is 2.10. The van der Waals surface area contributed by atoms with Crippen LogP contribution in [0.4, 0.5) is 0 Å². The molecule has 5 nitrogen and oxygen atoms in total. The monoisotopic (exact) mass is 402 g/mol. The summed E-state index contributed by atoms with van der Waals surface area (Å²) in [5, 5.41) is 11.0. The number of carbonyl (C=O) groups excluding carboxylic acids is 1. The number of imidazole rings is 1. The molecule has 0 fully saturated rings. The van der Waals surface area contributed by atoms with Crippen molar-refractivity contribution in [1.29, 1.82) is 0 Å². The van der Waals surface area contributed by atoms with E-state index < -0.39 is 0 Å². The summed E-state index contributed by atoms with van der Waals surface area (Å²) in [6, 6.07) is 18.2. The first-order valence-corrected chi connectivity index (χ1v) is 9.90. The molecule has 29 heavy (non-hydrogen) atoms. The normalized spacial score (nSPS) is 11.2. The number of hydrogen-bond acceptors (Lipinski definition) is 4. The number of allylic oxidation sites excluding steroid dienone is 1. The number of aliphatic hydroxyl groups is 1. The van der Waals surface area contributed by atoms with E-state index in [1.807, 2.05) is 41.8 Å². The predicted molar refractivity (Wildman–Crippen MR) is 115 cm³/mol. The first kappa shape index (κ1) is 18.9. The lowest BCUT2D eigenvalue weighted by Crippen LogP contribution is -2.14. The number of rotatable bonds is 6. The summed E-state index contributed by atoms with van der Waals surface area (Å²) in [4.78, 5) is 28.8. The molecule has 4 rings (SSSR count). The van der Waals surface area contributed by atoms with Gasteiger partial charge in [0.15, 0.2) is 5.78 Å². The van der Waals surface area contributed by atoms with Crippen LogP contribution in [0.25, 0.3) is 22.3 Å². The molecule has 0 aliphatic carbocycles. The maximum atomic E-state index is 12.6. The Labute approximate surface area is 171 Å². The summed E-state index contributed by atoms with van der Waals surface area (Å²) in [6.07, 6.45) is 4.98. The summed E-state index contributed by atoms with van der Waals surface area (Å²) < 4.78 is 1.50. The smallest absolute Gasteiger partial charge is 0.330 e. The highest BCUT2D eigenvalue weighted by molar-refractivity contribution is 7.13. The number of thiophene rings is 1. The third kappa shape index (κ3) is 4.18. The molecule has 0 atom stereocenters. The fourth-order valence-electron chi connectivity index (χ4n) is 2.96. The van der Waals surface area contributed by atoms with E-state index in [9.17, 15) is 9.59 Å². The average molecular weight is 402 g/mol. The Kier molecular flexibility index (Phi) is 5.37. The Morgan fingerprint density at radius 2 is 1.93 bits per heavy atom. The number of nitrogens with zero attached hydrogens (tertiary/aromatic N) is 1. The van der Waals surface area contributed by atoms with Crippen molar-refractivity contribution < 1.29 is 9.90 Å². The van der Waals surface area contributed by atoms with Crippen molar-refractivity contribution in [3.8, 4) is 16.3 Å². The van der Waals surface area contributed by atoms with Crippen molar-refractivity contribution in [2.45, 2.75) is 6.61 Å². The average Bonchev–Trinajstić information content (AvgIpc) is 3.42. The van der Waals surface area contributed by atoms with E-state index in [-0.39, 0.29) is 18.1 Å². The molecule has 0 bridgehead atoms. The number of H-pyrrole nitrogens is 1. The lowest BCUT2D eigenvalue weighted by atomic mass is 10.1. The number of carbonyl (C=O) groups is 1. The van der Waals surface area contributed by atoms with Gasteiger partial charge in [-0.15, -0.1) is 11.3 Å². The minimum absolute atomic E-state index is 0.0115. The summed E-state index contributed by atoms with van der Waals surface area (Å²) in [5.74, 6) is -0.153. The Bertz CT molecular complexity index is 1220. The van der Waals surface area contributed by atoms with Gasteiger partial charge in [0.2, 0.25) is 0 Å². The van der Waals surface area contributed by atoms with Crippen molar-refractivity contribution in [1.82, 2.24) is 9.55 Å². The Morgan fingerprint density at radius 1 is 1.10 bits per heavy atom. The first-order valence-electron chi connectivity index (χ1n) is 9.02. The van der Waals surface area contributed by atoms with E-state index in [0.717, 1.165) is 21.7 Å². The number of hydrogen-bond donors (Lipinski definition) is 2. The molecule has 0 unspecified atom stereocenters. The van der Waals surface area contributed by atoms with Crippen molar-refractivity contribution in [3.05, 3.63) is 105 Å². The highest BCUT2D eigenvalue weighted by atomic mass is 32.1. The van der Waals surface area contributed by atoms with Crippen LogP contribution in [0.15, 0.2) is 83.1 Å². The summed E-state index contributed by atoms with van der Waals surface area (Å²) in [6.45, 7) is -0.0115. The van der Waals surface area contributed by atoms with Gasteiger partial charge >= 0.3 is 5.69 Å². The van der Waals surface area contributed by atoms with Crippen molar-refractivity contribution >= 4 is 23.2 Å². The molecule has 144 valence electrons. The van der Waals surface area contributed by atoms with Crippen LogP contribution in [-0.4, -0.2) is 20.4 Å². The molecule has 2 aromatic heterocycles. The van der Waals surface area contributed by atoms with Crippen LogP contribution in [0.5, 0.6) is 0 Å². The van der Waals surface area contributed by atoms with Crippen LogP contribution >= 0.6 is 11.3 Å². The van der Waals surface area contributed by atoms with E-state index in [4.69, 9.17) is 5.11 Å². The van der Waals surface area contributed by atoms with Crippen molar-refractivity contribution in [3.63, 3.8) is 0 Å². The van der Waals surface area contributed by atoms with Gasteiger partial charge in [-0.1, -0.05) is 48.5 Å². The quantitative estimate of drug-likeness (QED) is 0.373. The molecule has 0 saturated carbocycles. The fourth-order valence-corrected chi connectivity index (χ4v) is 3.65. The summed E-state index contributed by atoms with van der Waals surface area (Å²) in [7, 11) is 0. The molecule has 2 aromatic carbocycles. The summed E-state index contributed by atoms with van der Waals surface area (Å²) in [5.41, 5.74) is 3.30. The zero-order valence-corrected chi connectivity index (χ0v) is 16.2. The van der Waals surface area contributed by atoms with Gasteiger partial charge in [0.1, 0.15) is 0 Å². The molecular formula is C23H18N2O3S. The van der Waals surface area contributed by atoms with Gasteiger partial charge in [-0.2, -0.15) is 0 Å². The van der Waals surface area contributed by atoms with Crippen LogP contribution in [0.2, 0.25) is 0 Å². The molecule has 0 aliphatic rings. The van der Waals surface area contributed by atoms with E-state index in [1.54, 1.807) is 47.9 Å². The second-order valence-corrected chi connectivity index (χ2v) is 7.42. The number of aromatic amines is 1. The van der Waals surface area contributed by atoms with Crippen LogP contribution in [-0.2, 0) is 6.61 Å². The number of benzene rings is 2. The molecule has 0 amide bonds. The molecular weight excluding hydrogens is 384 g/mol. The Morgan fingerprint density at radius 3 is 2.66 bits per heavy atom. The molecule has 6 heteroatoms. The van der Waals surface area contributed by atoms with E-state index in [0.29, 0.717) is 11.3 Å².